The van der Waals surface area contributed by atoms with Crippen LogP contribution in [0.2, 0.25) is 5.02 Å². The third-order valence-corrected chi connectivity index (χ3v) is 6.83. The molecule has 0 atom stereocenters. The molecule has 0 spiro atoms. The van der Waals surface area contributed by atoms with E-state index in [1.54, 1.807) is 42.5 Å². The molecule has 4 rings (SSSR count). The molecule has 0 bridgehead atoms. The zero-order chi connectivity index (χ0) is 19.8. The molecule has 3 heterocycles. The van der Waals surface area contributed by atoms with Gasteiger partial charge in [-0.3, -0.25) is 14.2 Å². The molecule has 8 heteroatoms. The number of Topliss-reactive ketones (excluding diaryl/α,β-unsaturated/α-hetero) is 1. The van der Waals surface area contributed by atoms with E-state index in [1.807, 2.05) is 12.3 Å². The summed E-state index contributed by atoms with van der Waals surface area (Å²) in [5.74, 6) is -0.166. The highest BCUT2D eigenvalue weighted by atomic mass is 35.5. The molecule has 0 saturated heterocycles. The molecule has 0 aliphatic carbocycles. The Bertz CT molecular complexity index is 1300. The van der Waals surface area contributed by atoms with Gasteiger partial charge in [-0.05, 0) is 42.1 Å². The first-order chi connectivity index (χ1) is 13.5. The van der Waals surface area contributed by atoms with Gasteiger partial charge in [-0.15, -0.1) is 22.7 Å². The van der Waals surface area contributed by atoms with Crippen molar-refractivity contribution in [2.45, 2.75) is 19.9 Å². The number of benzene rings is 1. The lowest BCUT2D eigenvalue weighted by molar-refractivity contribution is 0.0975. The van der Waals surface area contributed by atoms with Crippen molar-refractivity contribution in [1.82, 2.24) is 9.13 Å². The van der Waals surface area contributed by atoms with E-state index in [2.05, 4.69) is 0 Å². The van der Waals surface area contributed by atoms with Gasteiger partial charge in [-0.25, -0.2) is 9.36 Å². The Hall–Kier alpha value is -2.48. The monoisotopic (exact) mass is 430 g/mol. The zero-order valence-electron chi connectivity index (χ0n) is 14.8. The minimum absolute atomic E-state index is 0.125. The van der Waals surface area contributed by atoms with E-state index in [1.165, 1.54) is 27.2 Å². The van der Waals surface area contributed by atoms with Crippen LogP contribution in [0.25, 0.3) is 15.9 Å². The van der Waals surface area contributed by atoms with Crippen molar-refractivity contribution >= 4 is 50.3 Å². The van der Waals surface area contributed by atoms with E-state index in [4.69, 9.17) is 11.6 Å². The molecular formula is C20H15ClN2O3S2. The smallest absolute Gasteiger partial charge is 0.291 e. The molecule has 28 heavy (non-hydrogen) atoms. The van der Waals surface area contributed by atoms with Crippen molar-refractivity contribution < 1.29 is 4.79 Å². The van der Waals surface area contributed by atoms with Gasteiger partial charge in [0.05, 0.1) is 22.5 Å². The van der Waals surface area contributed by atoms with Crippen LogP contribution in [0.4, 0.5) is 0 Å². The summed E-state index contributed by atoms with van der Waals surface area (Å²) in [5.41, 5.74) is -0.571. The first-order valence-corrected chi connectivity index (χ1v) is 10.7. The normalized spacial score (nSPS) is 11.2. The molecule has 0 fully saturated rings. The molecule has 5 nitrogen and oxygen atoms in total. The molecule has 0 aliphatic heterocycles. The molecule has 0 unspecified atom stereocenters. The highest BCUT2D eigenvalue weighted by molar-refractivity contribution is 7.18. The second-order valence-corrected chi connectivity index (χ2v) is 8.67. The van der Waals surface area contributed by atoms with Crippen molar-refractivity contribution in [1.29, 1.82) is 0 Å². The van der Waals surface area contributed by atoms with Crippen LogP contribution < -0.4 is 11.2 Å². The summed E-state index contributed by atoms with van der Waals surface area (Å²) in [6, 6.07) is 11.9. The number of thiophene rings is 2. The molecule has 0 saturated carbocycles. The molecule has 3 aromatic heterocycles. The molecule has 0 N–H and O–H groups in total. The van der Waals surface area contributed by atoms with E-state index in [9.17, 15) is 14.4 Å². The third kappa shape index (κ3) is 3.26. The van der Waals surface area contributed by atoms with Crippen molar-refractivity contribution in [3.8, 4) is 5.69 Å². The minimum atomic E-state index is -0.547. The number of rotatable bonds is 5. The number of carbonyl (C=O) groups is 1. The maximum atomic E-state index is 13.3. The number of nitrogens with zero attached hydrogens (tertiary/aromatic N) is 2. The van der Waals surface area contributed by atoms with Crippen LogP contribution in [-0.4, -0.2) is 14.9 Å². The second-order valence-electron chi connectivity index (χ2n) is 6.17. The summed E-state index contributed by atoms with van der Waals surface area (Å²) in [4.78, 5) is 41.1. The maximum absolute atomic E-state index is 13.3. The van der Waals surface area contributed by atoms with Gasteiger partial charge in [0.1, 0.15) is 4.83 Å². The lowest BCUT2D eigenvalue weighted by atomic mass is 10.2. The Kier molecular flexibility index (Phi) is 5.05. The number of aromatic nitrogens is 2. The first-order valence-electron chi connectivity index (χ1n) is 8.60. The fourth-order valence-corrected chi connectivity index (χ4v) is 4.94. The predicted octanol–water partition coefficient (Wildman–Crippen LogP) is 4.37. The SMILES string of the molecule is CCc1cc2c(=O)n(-c3cccc(Cl)c3)c(=O)n(CC(=O)c3cccs3)c2s1. The van der Waals surface area contributed by atoms with Gasteiger partial charge in [0.25, 0.3) is 5.56 Å². The molecule has 4 aromatic rings. The Morgan fingerprint density at radius 2 is 1.96 bits per heavy atom. The number of hydrogen-bond acceptors (Lipinski definition) is 5. The van der Waals surface area contributed by atoms with Gasteiger partial charge in [0, 0.05) is 9.90 Å². The van der Waals surface area contributed by atoms with Gasteiger partial charge >= 0.3 is 5.69 Å². The first kappa shape index (κ1) is 18.9. The highest BCUT2D eigenvalue weighted by Gasteiger charge is 2.20. The van der Waals surface area contributed by atoms with Gasteiger partial charge in [0.15, 0.2) is 5.78 Å². The number of halogens is 1. The number of aryl methyl sites for hydroxylation is 1. The molecule has 0 amide bonds. The topological polar surface area (TPSA) is 61.1 Å². The number of carbonyl (C=O) groups excluding carboxylic acids is 1. The highest BCUT2D eigenvalue weighted by Crippen LogP contribution is 2.24. The molecule has 1 aromatic carbocycles. The van der Waals surface area contributed by atoms with E-state index in [0.29, 0.717) is 25.8 Å². The van der Waals surface area contributed by atoms with Crippen molar-refractivity contribution in [3.05, 3.63) is 83.5 Å². The maximum Gasteiger partial charge on any atom is 0.337 e. The lowest BCUT2D eigenvalue weighted by Crippen LogP contribution is -2.39. The largest absolute Gasteiger partial charge is 0.337 e. The third-order valence-electron chi connectivity index (χ3n) is 4.38. The lowest BCUT2D eigenvalue weighted by Gasteiger charge is -2.11. The van der Waals surface area contributed by atoms with Gasteiger partial charge in [-0.1, -0.05) is 30.7 Å². The Morgan fingerprint density at radius 3 is 2.64 bits per heavy atom. The van der Waals surface area contributed by atoms with Gasteiger partial charge in [-0.2, -0.15) is 0 Å². The summed E-state index contributed by atoms with van der Waals surface area (Å²) in [6.07, 6.45) is 0.739. The Labute approximate surface area is 173 Å². The van der Waals surface area contributed by atoms with E-state index in [0.717, 1.165) is 15.9 Å². The summed E-state index contributed by atoms with van der Waals surface area (Å²) in [5, 5.41) is 2.67. The van der Waals surface area contributed by atoms with E-state index in [-0.39, 0.29) is 12.3 Å². The number of fused-ring (bicyclic) bond motifs is 1. The van der Waals surface area contributed by atoms with Crippen LogP contribution in [0.15, 0.2) is 57.4 Å². The van der Waals surface area contributed by atoms with Crippen LogP contribution in [-0.2, 0) is 13.0 Å². The molecular weight excluding hydrogens is 416 g/mol. The van der Waals surface area contributed by atoms with Crippen LogP contribution in [0.5, 0.6) is 0 Å². The quantitative estimate of drug-likeness (QED) is 0.441. The summed E-state index contributed by atoms with van der Waals surface area (Å²) >= 11 is 8.76. The van der Waals surface area contributed by atoms with Crippen LogP contribution in [0.1, 0.15) is 21.5 Å². The summed E-state index contributed by atoms with van der Waals surface area (Å²) in [7, 11) is 0. The average molecular weight is 431 g/mol. The average Bonchev–Trinajstić information content (AvgIpc) is 3.35. The van der Waals surface area contributed by atoms with Crippen molar-refractivity contribution in [3.63, 3.8) is 0 Å². The van der Waals surface area contributed by atoms with Gasteiger partial charge in [0.2, 0.25) is 0 Å². The minimum Gasteiger partial charge on any atom is -0.291 e. The summed E-state index contributed by atoms with van der Waals surface area (Å²) < 4.78 is 2.48. The predicted molar refractivity (Wildman–Crippen MR) is 115 cm³/mol. The molecule has 142 valence electrons. The van der Waals surface area contributed by atoms with Crippen LogP contribution in [0.3, 0.4) is 0 Å². The fraction of sp³-hybridized carbons (Fsp3) is 0.150. The zero-order valence-corrected chi connectivity index (χ0v) is 17.2. The standard InChI is InChI=1S/C20H15ClN2O3S2/c1-2-14-10-15-18(25)23(13-6-3-5-12(21)9-13)20(26)22(19(15)28-14)11-16(24)17-7-4-8-27-17/h3-10H,2,11H2,1H3. The van der Waals surface area contributed by atoms with Crippen LogP contribution in [0, 0.1) is 0 Å². The van der Waals surface area contributed by atoms with E-state index >= 15 is 0 Å². The Balaban J connectivity index is 1.99. The number of ketones is 1. The molecule has 0 radical (unpaired) electrons. The van der Waals surface area contributed by atoms with E-state index < -0.39 is 11.2 Å². The Morgan fingerprint density at radius 1 is 1.14 bits per heavy atom. The summed E-state index contributed by atoms with van der Waals surface area (Å²) in [6.45, 7) is 1.86. The molecule has 0 aliphatic rings. The van der Waals surface area contributed by atoms with Crippen LogP contribution >= 0.6 is 34.3 Å². The van der Waals surface area contributed by atoms with Crippen molar-refractivity contribution in [2.24, 2.45) is 0 Å². The van der Waals surface area contributed by atoms with Crippen molar-refractivity contribution in [2.75, 3.05) is 0 Å². The van der Waals surface area contributed by atoms with Gasteiger partial charge < -0.3 is 0 Å². The fourth-order valence-electron chi connectivity index (χ4n) is 3.02. The number of hydrogen-bond donors (Lipinski definition) is 0. The second kappa shape index (κ2) is 7.50.